The van der Waals surface area contributed by atoms with Crippen LogP contribution in [0.3, 0.4) is 0 Å². The normalized spacial score (nSPS) is 16.3. The molecule has 0 spiro atoms. The van der Waals surface area contributed by atoms with Crippen LogP contribution in [0.5, 0.6) is 0 Å². The first-order chi connectivity index (χ1) is 8.69. The van der Waals surface area contributed by atoms with Gasteiger partial charge in [-0.05, 0) is 26.2 Å². The predicted octanol–water partition coefficient (Wildman–Crippen LogP) is 2.37. The number of rotatable bonds is 6. The van der Waals surface area contributed by atoms with Crippen molar-refractivity contribution < 1.29 is 14.3 Å². The molecule has 0 saturated heterocycles. The van der Waals surface area contributed by atoms with Crippen molar-refractivity contribution in [2.45, 2.75) is 52.4 Å². The van der Waals surface area contributed by atoms with Gasteiger partial charge in [-0.25, -0.2) is 0 Å². The quantitative estimate of drug-likeness (QED) is 0.685. The summed E-state index contributed by atoms with van der Waals surface area (Å²) >= 11 is 0. The van der Waals surface area contributed by atoms with E-state index in [1.807, 2.05) is 6.92 Å². The largest absolute Gasteiger partial charge is 0.465 e. The Morgan fingerprint density at radius 2 is 1.83 bits per heavy atom. The van der Waals surface area contributed by atoms with Gasteiger partial charge in [0.1, 0.15) is 6.54 Å². The lowest BCUT2D eigenvalue weighted by atomic mass is 9.88. The number of hydrogen-bond donors (Lipinski definition) is 0. The third kappa shape index (κ3) is 4.67. The van der Waals surface area contributed by atoms with Crippen molar-refractivity contribution >= 4 is 11.9 Å². The molecule has 0 unspecified atom stereocenters. The minimum atomic E-state index is -0.296. The van der Waals surface area contributed by atoms with Crippen LogP contribution >= 0.6 is 0 Å². The molecule has 1 rings (SSSR count). The van der Waals surface area contributed by atoms with Gasteiger partial charge in [0.05, 0.1) is 6.61 Å². The Morgan fingerprint density at radius 3 is 2.39 bits per heavy atom. The average Bonchev–Trinajstić information content (AvgIpc) is 2.39. The molecule has 0 heterocycles. The molecule has 0 aliphatic heterocycles. The molecule has 1 fully saturated rings. The van der Waals surface area contributed by atoms with Crippen molar-refractivity contribution in [1.29, 1.82) is 0 Å². The highest BCUT2D eigenvalue weighted by Crippen LogP contribution is 2.25. The van der Waals surface area contributed by atoms with Gasteiger partial charge in [0.25, 0.3) is 0 Å². The van der Waals surface area contributed by atoms with Crippen molar-refractivity contribution in [3.05, 3.63) is 0 Å². The summed E-state index contributed by atoms with van der Waals surface area (Å²) in [5, 5.41) is 0. The Kier molecular flexibility index (Phi) is 6.76. The fraction of sp³-hybridized carbons (Fsp3) is 0.857. The number of esters is 1. The summed E-state index contributed by atoms with van der Waals surface area (Å²) in [5.41, 5.74) is 0. The molecule has 1 aliphatic rings. The second-order valence-corrected chi connectivity index (χ2v) is 4.90. The fourth-order valence-corrected chi connectivity index (χ4v) is 2.51. The predicted molar refractivity (Wildman–Crippen MR) is 70.1 cm³/mol. The van der Waals surface area contributed by atoms with Gasteiger partial charge < -0.3 is 9.64 Å². The van der Waals surface area contributed by atoms with Gasteiger partial charge in [-0.15, -0.1) is 0 Å². The number of hydrogen-bond acceptors (Lipinski definition) is 3. The van der Waals surface area contributed by atoms with Crippen LogP contribution in [-0.4, -0.2) is 36.5 Å². The number of carbonyl (C=O) groups is 2. The zero-order valence-electron chi connectivity index (χ0n) is 11.6. The lowest BCUT2D eigenvalue weighted by Gasteiger charge is -2.28. The van der Waals surface area contributed by atoms with E-state index in [4.69, 9.17) is 4.74 Å². The highest BCUT2D eigenvalue weighted by Gasteiger charge is 2.26. The molecule has 4 heteroatoms. The number of ether oxygens (including phenoxy) is 1. The van der Waals surface area contributed by atoms with Crippen LogP contribution in [-0.2, 0) is 14.3 Å². The van der Waals surface area contributed by atoms with E-state index in [1.54, 1.807) is 11.8 Å². The van der Waals surface area contributed by atoms with Gasteiger partial charge in [0.2, 0.25) is 5.91 Å². The first kappa shape index (κ1) is 15.0. The van der Waals surface area contributed by atoms with Gasteiger partial charge in [-0.1, -0.05) is 26.2 Å². The van der Waals surface area contributed by atoms with Gasteiger partial charge in [-0.3, -0.25) is 9.59 Å². The zero-order chi connectivity index (χ0) is 13.4. The highest BCUT2D eigenvalue weighted by molar-refractivity contribution is 5.83. The van der Waals surface area contributed by atoms with Crippen molar-refractivity contribution in [2.24, 2.45) is 5.92 Å². The topological polar surface area (TPSA) is 46.6 Å². The molecule has 0 atom stereocenters. The lowest BCUT2D eigenvalue weighted by molar-refractivity contribution is -0.150. The van der Waals surface area contributed by atoms with E-state index in [9.17, 15) is 9.59 Å². The van der Waals surface area contributed by atoms with Crippen molar-refractivity contribution in [1.82, 2.24) is 4.90 Å². The molecule has 1 aliphatic carbocycles. The average molecular weight is 255 g/mol. The van der Waals surface area contributed by atoms with E-state index in [2.05, 4.69) is 0 Å². The van der Waals surface area contributed by atoms with Crippen LogP contribution in [0.25, 0.3) is 0 Å². The van der Waals surface area contributed by atoms with Crippen LogP contribution in [0.1, 0.15) is 52.4 Å². The first-order valence-corrected chi connectivity index (χ1v) is 7.13. The third-order valence-corrected chi connectivity index (χ3v) is 3.38. The van der Waals surface area contributed by atoms with E-state index < -0.39 is 0 Å². The lowest BCUT2D eigenvalue weighted by Crippen LogP contribution is -2.41. The van der Waals surface area contributed by atoms with Gasteiger partial charge >= 0.3 is 5.97 Å². The smallest absolute Gasteiger partial charge is 0.325 e. The summed E-state index contributed by atoms with van der Waals surface area (Å²) in [6.45, 7) is 4.93. The second kappa shape index (κ2) is 8.11. The van der Waals surface area contributed by atoms with E-state index in [0.717, 1.165) is 32.1 Å². The van der Waals surface area contributed by atoms with Gasteiger partial charge in [0.15, 0.2) is 0 Å². The number of carbonyl (C=O) groups excluding carboxylic acids is 2. The molecule has 0 aromatic rings. The van der Waals surface area contributed by atoms with Crippen LogP contribution in [0.15, 0.2) is 0 Å². The summed E-state index contributed by atoms with van der Waals surface area (Å²) < 4.78 is 4.92. The number of amides is 1. The molecule has 1 saturated carbocycles. The maximum absolute atomic E-state index is 12.3. The summed E-state index contributed by atoms with van der Waals surface area (Å²) in [6, 6.07) is 0. The van der Waals surface area contributed by atoms with Crippen molar-refractivity contribution in [2.75, 3.05) is 19.7 Å². The molecular formula is C14H25NO3. The molecule has 0 aromatic carbocycles. The maximum atomic E-state index is 12.3. The van der Waals surface area contributed by atoms with Crippen molar-refractivity contribution in [3.63, 3.8) is 0 Å². The van der Waals surface area contributed by atoms with Gasteiger partial charge in [-0.2, -0.15) is 0 Å². The molecule has 4 nitrogen and oxygen atoms in total. The SMILES string of the molecule is CCCN(CC(=O)OCC)C(=O)C1CCCCC1. The summed E-state index contributed by atoms with van der Waals surface area (Å²) in [7, 11) is 0. The highest BCUT2D eigenvalue weighted by atomic mass is 16.5. The number of nitrogens with zero attached hydrogens (tertiary/aromatic N) is 1. The van der Waals surface area contributed by atoms with Gasteiger partial charge in [0, 0.05) is 12.5 Å². The summed E-state index contributed by atoms with van der Waals surface area (Å²) in [5.74, 6) is -0.0283. The Hall–Kier alpha value is -1.06. The maximum Gasteiger partial charge on any atom is 0.325 e. The molecule has 1 amide bonds. The summed E-state index contributed by atoms with van der Waals surface area (Å²) in [4.78, 5) is 25.5. The second-order valence-electron chi connectivity index (χ2n) is 4.90. The van der Waals surface area contributed by atoms with Crippen LogP contribution in [0, 0.1) is 5.92 Å². The van der Waals surface area contributed by atoms with Crippen LogP contribution in [0.4, 0.5) is 0 Å². The zero-order valence-corrected chi connectivity index (χ0v) is 11.6. The molecule has 0 radical (unpaired) electrons. The fourth-order valence-electron chi connectivity index (χ4n) is 2.51. The summed E-state index contributed by atoms with van der Waals surface area (Å²) in [6.07, 6.45) is 6.32. The van der Waals surface area contributed by atoms with E-state index in [1.165, 1.54) is 6.42 Å². The molecule has 0 aromatic heterocycles. The Morgan fingerprint density at radius 1 is 1.17 bits per heavy atom. The third-order valence-electron chi connectivity index (χ3n) is 3.38. The minimum absolute atomic E-state index is 0.108. The standard InChI is InChI=1S/C14H25NO3/c1-3-10-15(11-13(16)18-4-2)14(17)12-8-6-5-7-9-12/h12H,3-11H2,1-2H3. The molecule has 104 valence electrons. The van der Waals surface area contributed by atoms with Crippen molar-refractivity contribution in [3.8, 4) is 0 Å². The molecule has 0 bridgehead atoms. The Labute approximate surface area is 110 Å². The van der Waals surface area contributed by atoms with E-state index in [-0.39, 0.29) is 24.3 Å². The Bertz CT molecular complexity index is 272. The first-order valence-electron chi connectivity index (χ1n) is 7.13. The molecular weight excluding hydrogens is 230 g/mol. The molecule has 18 heavy (non-hydrogen) atoms. The van der Waals surface area contributed by atoms with Crippen LogP contribution in [0.2, 0.25) is 0 Å². The minimum Gasteiger partial charge on any atom is -0.465 e. The monoisotopic (exact) mass is 255 g/mol. The van der Waals surface area contributed by atoms with E-state index >= 15 is 0 Å². The Balaban J connectivity index is 2.53. The van der Waals surface area contributed by atoms with E-state index in [0.29, 0.717) is 13.2 Å². The van der Waals surface area contributed by atoms with Crippen LogP contribution < -0.4 is 0 Å². The molecule has 0 N–H and O–H groups in total.